The first-order valence-electron chi connectivity index (χ1n) is 20.1. The smallest absolute Gasteiger partial charge is 0.166 e. The van der Waals surface area contributed by atoms with Gasteiger partial charge in [-0.25, -0.2) is 15.0 Å². The molecule has 8 aromatic carbocycles. The molecular weight excluding hydrogens is 747 g/mol. The fourth-order valence-electron chi connectivity index (χ4n) is 9.30. The lowest BCUT2D eigenvalue weighted by Crippen LogP contribution is -2.41. The number of nitriles is 2. The van der Waals surface area contributed by atoms with Crippen molar-refractivity contribution in [3.8, 4) is 46.3 Å². The van der Waals surface area contributed by atoms with Gasteiger partial charge in [0, 0.05) is 22.5 Å². The predicted octanol–water partition coefficient (Wildman–Crippen LogP) is 12.6. The summed E-state index contributed by atoms with van der Waals surface area (Å²) in [5, 5.41) is 21.9. The Bertz CT molecular complexity index is 3050. The monoisotopic (exact) mass is 779 g/mol. The van der Waals surface area contributed by atoms with Crippen LogP contribution in [0.15, 0.2) is 200 Å². The van der Waals surface area contributed by atoms with E-state index in [1.807, 2.05) is 78.9 Å². The van der Waals surface area contributed by atoms with Crippen LogP contribution in [0, 0.1) is 22.7 Å². The third-order valence-electron chi connectivity index (χ3n) is 11.8. The first-order chi connectivity index (χ1) is 30.2. The zero-order chi connectivity index (χ0) is 40.9. The molecular formula is C54H33N7. The molecule has 9 aromatic rings. The van der Waals surface area contributed by atoms with Crippen LogP contribution in [0.4, 0.5) is 34.1 Å². The number of benzene rings is 8. The Morgan fingerprint density at radius 3 is 1.08 bits per heavy atom. The highest BCUT2D eigenvalue weighted by Crippen LogP contribution is 2.64. The first-order valence-corrected chi connectivity index (χ1v) is 20.1. The Hall–Kier alpha value is -8.65. The zero-order valence-electron chi connectivity index (χ0n) is 32.7. The van der Waals surface area contributed by atoms with Crippen molar-refractivity contribution in [1.29, 1.82) is 10.5 Å². The Morgan fingerprint density at radius 1 is 0.361 bits per heavy atom. The van der Waals surface area contributed by atoms with Gasteiger partial charge in [-0.1, -0.05) is 152 Å². The molecule has 0 saturated carbocycles. The van der Waals surface area contributed by atoms with E-state index in [-0.39, 0.29) is 17.0 Å². The van der Waals surface area contributed by atoms with Crippen LogP contribution in [-0.4, -0.2) is 15.0 Å². The second-order valence-electron chi connectivity index (χ2n) is 15.0. The molecule has 0 unspecified atom stereocenters. The van der Waals surface area contributed by atoms with E-state index in [9.17, 15) is 10.5 Å². The van der Waals surface area contributed by atoms with Gasteiger partial charge < -0.3 is 9.80 Å². The van der Waals surface area contributed by atoms with E-state index in [0.717, 1.165) is 61.8 Å². The molecule has 2 aliphatic heterocycles. The van der Waals surface area contributed by atoms with Crippen molar-refractivity contribution in [2.45, 2.75) is 5.41 Å². The number of aromatic nitrogens is 3. The van der Waals surface area contributed by atoms with E-state index in [4.69, 9.17) is 15.0 Å². The molecule has 7 nitrogen and oxygen atoms in total. The van der Waals surface area contributed by atoms with E-state index >= 15 is 0 Å². The van der Waals surface area contributed by atoms with Gasteiger partial charge in [0.15, 0.2) is 17.5 Å². The highest BCUT2D eigenvalue weighted by Gasteiger charge is 2.51. The molecule has 11 rings (SSSR count). The van der Waals surface area contributed by atoms with E-state index in [1.165, 1.54) is 0 Å². The first kappa shape index (κ1) is 35.5. The summed E-state index contributed by atoms with van der Waals surface area (Å²) in [5.41, 5.74) is 12.1. The minimum absolute atomic E-state index is 0.254. The van der Waals surface area contributed by atoms with Gasteiger partial charge >= 0.3 is 0 Å². The molecule has 0 bridgehead atoms. The quantitative estimate of drug-likeness (QED) is 0.172. The maximum absolute atomic E-state index is 11.0. The van der Waals surface area contributed by atoms with Gasteiger partial charge in [0.2, 0.25) is 0 Å². The third-order valence-corrected chi connectivity index (χ3v) is 11.8. The molecule has 1 spiro atoms. The molecule has 0 saturated heterocycles. The predicted molar refractivity (Wildman–Crippen MR) is 240 cm³/mol. The maximum atomic E-state index is 11.0. The fourth-order valence-corrected chi connectivity index (χ4v) is 9.30. The normalized spacial score (nSPS) is 13.0. The van der Waals surface area contributed by atoms with Gasteiger partial charge in [0.25, 0.3) is 0 Å². The number of anilines is 6. The van der Waals surface area contributed by atoms with Crippen molar-refractivity contribution in [2.24, 2.45) is 0 Å². The molecule has 0 atom stereocenters. The van der Waals surface area contributed by atoms with Crippen molar-refractivity contribution in [3.63, 3.8) is 0 Å². The second-order valence-corrected chi connectivity index (χ2v) is 15.0. The minimum atomic E-state index is -0.717. The zero-order valence-corrected chi connectivity index (χ0v) is 32.7. The minimum Gasteiger partial charge on any atom is -0.310 e. The van der Waals surface area contributed by atoms with Crippen LogP contribution in [0.25, 0.3) is 34.2 Å². The summed E-state index contributed by atoms with van der Waals surface area (Å²) in [7, 11) is 0. The summed E-state index contributed by atoms with van der Waals surface area (Å²) in [6.45, 7) is 0. The lowest BCUT2D eigenvalue weighted by Gasteiger charge is -2.51. The molecule has 0 fully saturated rings. The Balaban J connectivity index is 1.14. The van der Waals surface area contributed by atoms with Crippen LogP contribution < -0.4 is 9.80 Å². The molecule has 0 N–H and O–H groups in total. The molecule has 1 aromatic heterocycles. The molecule has 0 amide bonds. The molecule has 0 aliphatic carbocycles. The Morgan fingerprint density at radius 2 is 0.689 bits per heavy atom. The summed E-state index contributed by atoms with van der Waals surface area (Å²) in [5.74, 6) is 1.15. The van der Waals surface area contributed by atoms with E-state index in [2.05, 4.69) is 143 Å². The van der Waals surface area contributed by atoms with Crippen molar-refractivity contribution < 1.29 is 0 Å². The van der Waals surface area contributed by atoms with E-state index in [0.29, 0.717) is 22.9 Å². The van der Waals surface area contributed by atoms with Crippen LogP contribution in [0.2, 0.25) is 0 Å². The average Bonchev–Trinajstić information content (AvgIpc) is 3.34. The lowest BCUT2D eigenvalue weighted by atomic mass is 9.60. The van der Waals surface area contributed by atoms with Crippen LogP contribution in [0.1, 0.15) is 33.4 Å². The van der Waals surface area contributed by atoms with Crippen LogP contribution in [0.5, 0.6) is 0 Å². The van der Waals surface area contributed by atoms with Crippen molar-refractivity contribution >= 4 is 34.1 Å². The molecule has 0 radical (unpaired) electrons. The highest BCUT2D eigenvalue weighted by molar-refractivity contribution is 5.97. The van der Waals surface area contributed by atoms with Gasteiger partial charge in [0.1, 0.15) is 12.1 Å². The topological polar surface area (TPSA) is 92.7 Å². The number of para-hydroxylation sites is 5. The molecule has 61 heavy (non-hydrogen) atoms. The number of fused-ring (bicyclic) bond motifs is 8. The number of rotatable bonds is 5. The van der Waals surface area contributed by atoms with Crippen LogP contribution >= 0.6 is 0 Å². The summed E-state index contributed by atoms with van der Waals surface area (Å²) in [6, 6.07) is 72.8. The van der Waals surface area contributed by atoms with Crippen molar-refractivity contribution in [3.05, 3.63) is 234 Å². The van der Waals surface area contributed by atoms with E-state index < -0.39 is 5.41 Å². The lowest BCUT2D eigenvalue weighted by molar-refractivity contribution is 0.719. The summed E-state index contributed by atoms with van der Waals surface area (Å²) in [6.07, 6.45) is 0. The number of hydrogen-bond acceptors (Lipinski definition) is 7. The standard InChI is InChI=1S/C54H33N7/c55-34-38-32-41(33-39(35-56)50(38)53-58-51(36-18-4-1-5-19-36)57-52(59-53)37-20-6-2-7-21-37)61-48-30-16-12-26-44(48)54(45-27-13-17-31-49(45)61)42-24-10-14-28-46(42)60(40-22-8-3-9-23-40)47-29-15-11-25-43(47)54/h1-33H. The fraction of sp³-hybridized carbons (Fsp3) is 0.0185. The SMILES string of the molecule is N#Cc1cc(N2c3ccccc3C3(c4ccccc4N(c4ccccc4)c4ccccc43)c3ccccc32)cc(C#N)c1-c1nc(-c2ccccc2)nc(-c2ccccc2)n1. The maximum Gasteiger partial charge on any atom is 0.166 e. The average molecular weight is 780 g/mol. The van der Waals surface area contributed by atoms with E-state index in [1.54, 1.807) is 0 Å². The summed E-state index contributed by atoms with van der Waals surface area (Å²) in [4.78, 5) is 19.2. The van der Waals surface area contributed by atoms with Gasteiger partial charge in [-0.2, -0.15) is 10.5 Å². The number of hydrogen-bond donors (Lipinski definition) is 0. The van der Waals surface area contributed by atoms with Crippen LogP contribution in [-0.2, 0) is 5.41 Å². The molecule has 284 valence electrons. The molecule has 3 heterocycles. The molecule has 7 heteroatoms. The van der Waals surface area contributed by atoms with Crippen LogP contribution in [0.3, 0.4) is 0 Å². The van der Waals surface area contributed by atoms with Gasteiger partial charge in [-0.05, 0) is 70.8 Å². The van der Waals surface area contributed by atoms with Gasteiger partial charge in [-0.3, -0.25) is 0 Å². The Labute approximate surface area is 353 Å². The third kappa shape index (κ3) is 5.46. The van der Waals surface area contributed by atoms with Gasteiger partial charge in [0.05, 0.1) is 44.9 Å². The Kier molecular flexibility index (Phi) is 8.33. The number of nitrogens with zero attached hydrogens (tertiary/aromatic N) is 7. The summed E-state index contributed by atoms with van der Waals surface area (Å²) >= 11 is 0. The van der Waals surface area contributed by atoms with Gasteiger partial charge in [-0.15, -0.1) is 0 Å². The molecule has 2 aliphatic rings. The largest absolute Gasteiger partial charge is 0.310 e. The highest BCUT2D eigenvalue weighted by atomic mass is 15.2. The van der Waals surface area contributed by atoms with Crippen molar-refractivity contribution in [1.82, 2.24) is 15.0 Å². The second kappa shape index (κ2) is 14.3. The summed E-state index contributed by atoms with van der Waals surface area (Å²) < 4.78 is 0. The van der Waals surface area contributed by atoms with Crippen molar-refractivity contribution in [2.75, 3.05) is 9.80 Å².